The lowest BCUT2D eigenvalue weighted by Crippen LogP contribution is -2.53. The molecule has 0 aromatic carbocycles. The van der Waals surface area contributed by atoms with Crippen molar-refractivity contribution in [2.24, 2.45) is 5.92 Å². The Morgan fingerprint density at radius 3 is 2.67 bits per heavy atom. The summed E-state index contributed by atoms with van der Waals surface area (Å²) >= 11 is 0. The second-order valence-electron chi connectivity index (χ2n) is 4.83. The van der Waals surface area contributed by atoms with Gasteiger partial charge in [0.2, 0.25) is 0 Å². The van der Waals surface area contributed by atoms with Crippen LogP contribution in [0.5, 0.6) is 0 Å². The first-order chi connectivity index (χ1) is 7.18. The Balaban J connectivity index is 2.10. The fraction of sp³-hybridized carbons (Fsp3) is 0.909. The Morgan fingerprint density at radius 1 is 1.53 bits per heavy atom. The van der Waals surface area contributed by atoms with Crippen molar-refractivity contribution in [3.05, 3.63) is 0 Å². The number of amides is 1. The molecule has 0 spiro atoms. The van der Waals surface area contributed by atoms with Gasteiger partial charge in [0.05, 0.1) is 18.7 Å². The van der Waals surface area contributed by atoms with E-state index in [2.05, 4.69) is 6.92 Å². The lowest BCUT2D eigenvalue weighted by molar-refractivity contribution is 0.0233. The minimum absolute atomic E-state index is 0.0643. The minimum atomic E-state index is -0.333. The third-order valence-electron chi connectivity index (χ3n) is 3.83. The quantitative estimate of drug-likeness (QED) is 0.754. The molecule has 4 nitrogen and oxygen atoms in total. The SMILES string of the molecule is CC1CCC(CO)(N2CCOC2=O)CC1. The molecule has 1 N–H and O–H groups in total. The lowest BCUT2D eigenvalue weighted by Gasteiger charge is -2.43. The van der Waals surface area contributed by atoms with Crippen molar-refractivity contribution in [3.63, 3.8) is 0 Å². The van der Waals surface area contributed by atoms with E-state index < -0.39 is 0 Å². The number of nitrogens with zero attached hydrogens (tertiary/aromatic N) is 1. The highest BCUT2D eigenvalue weighted by atomic mass is 16.6. The second-order valence-corrected chi connectivity index (χ2v) is 4.83. The molecule has 86 valence electrons. The zero-order valence-electron chi connectivity index (χ0n) is 9.24. The number of cyclic esters (lactones) is 1. The van der Waals surface area contributed by atoms with Crippen molar-refractivity contribution in [1.29, 1.82) is 0 Å². The van der Waals surface area contributed by atoms with Crippen LogP contribution in [0.3, 0.4) is 0 Å². The van der Waals surface area contributed by atoms with Gasteiger partial charge in [0, 0.05) is 0 Å². The second kappa shape index (κ2) is 4.00. The first-order valence-electron chi connectivity index (χ1n) is 5.73. The van der Waals surface area contributed by atoms with E-state index in [1.807, 2.05) is 0 Å². The zero-order chi connectivity index (χ0) is 10.9. The molecule has 1 heterocycles. The van der Waals surface area contributed by atoms with Crippen molar-refractivity contribution < 1.29 is 14.6 Å². The highest BCUT2D eigenvalue weighted by molar-refractivity contribution is 5.70. The predicted octanol–water partition coefficient (Wildman–Crippen LogP) is 1.38. The van der Waals surface area contributed by atoms with Crippen LogP contribution in [0.1, 0.15) is 32.6 Å². The maximum Gasteiger partial charge on any atom is 0.410 e. The minimum Gasteiger partial charge on any atom is -0.448 e. The molecule has 1 aliphatic carbocycles. The van der Waals surface area contributed by atoms with E-state index >= 15 is 0 Å². The molecule has 0 radical (unpaired) electrons. The van der Waals surface area contributed by atoms with Crippen molar-refractivity contribution in [1.82, 2.24) is 4.90 Å². The lowest BCUT2D eigenvalue weighted by atomic mass is 9.76. The molecular weight excluding hydrogens is 194 g/mol. The van der Waals surface area contributed by atoms with Crippen molar-refractivity contribution >= 4 is 6.09 Å². The number of hydrogen-bond acceptors (Lipinski definition) is 3. The Kier molecular flexibility index (Phi) is 2.87. The number of carbonyl (C=O) groups is 1. The molecule has 1 amide bonds. The Bertz CT molecular complexity index is 246. The summed E-state index contributed by atoms with van der Waals surface area (Å²) in [6.07, 6.45) is 3.73. The normalized spacial score (nSPS) is 36.8. The van der Waals surface area contributed by atoms with Crippen LogP contribution in [0.15, 0.2) is 0 Å². The molecule has 15 heavy (non-hydrogen) atoms. The van der Waals surface area contributed by atoms with Gasteiger partial charge in [0.15, 0.2) is 0 Å². The van der Waals surface area contributed by atoms with E-state index in [-0.39, 0.29) is 18.2 Å². The van der Waals surface area contributed by atoms with Gasteiger partial charge >= 0.3 is 6.09 Å². The molecule has 0 atom stereocenters. The van der Waals surface area contributed by atoms with Crippen molar-refractivity contribution in [2.75, 3.05) is 19.8 Å². The number of rotatable bonds is 2. The van der Waals surface area contributed by atoms with E-state index in [0.29, 0.717) is 19.1 Å². The van der Waals surface area contributed by atoms with Crippen LogP contribution in [0.2, 0.25) is 0 Å². The van der Waals surface area contributed by atoms with Crippen LogP contribution in [-0.4, -0.2) is 41.4 Å². The smallest absolute Gasteiger partial charge is 0.410 e. The standard InChI is InChI=1S/C11H19NO3/c1-9-2-4-11(8-13,5-3-9)12-6-7-15-10(12)14/h9,13H,2-8H2,1H3. The molecule has 2 fully saturated rings. The van der Waals surface area contributed by atoms with Gasteiger partial charge in [0.25, 0.3) is 0 Å². The van der Waals surface area contributed by atoms with Crippen LogP contribution >= 0.6 is 0 Å². The number of ether oxygens (including phenoxy) is 1. The first kappa shape index (κ1) is 10.7. The van der Waals surface area contributed by atoms with Crippen molar-refractivity contribution in [2.45, 2.75) is 38.1 Å². The summed E-state index contributed by atoms with van der Waals surface area (Å²) in [7, 11) is 0. The first-order valence-corrected chi connectivity index (χ1v) is 5.73. The van der Waals surface area contributed by atoms with Gasteiger partial charge in [-0.2, -0.15) is 0 Å². The van der Waals surface area contributed by atoms with E-state index in [1.165, 1.54) is 0 Å². The number of hydrogen-bond donors (Lipinski definition) is 1. The average molecular weight is 213 g/mol. The van der Waals surface area contributed by atoms with Crippen LogP contribution < -0.4 is 0 Å². The summed E-state index contributed by atoms with van der Waals surface area (Å²) in [6, 6.07) is 0. The van der Waals surface area contributed by atoms with Crippen LogP contribution in [0.25, 0.3) is 0 Å². The fourth-order valence-corrected chi connectivity index (χ4v) is 2.64. The number of aliphatic hydroxyl groups is 1. The van der Waals surface area contributed by atoms with Crippen LogP contribution in [0.4, 0.5) is 4.79 Å². The van der Waals surface area contributed by atoms with Gasteiger partial charge in [-0.15, -0.1) is 0 Å². The maximum absolute atomic E-state index is 11.5. The number of carbonyl (C=O) groups excluding carboxylic acids is 1. The molecule has 0 aromatic rings. The van der Waals surface area contributed by atoms with Gasteiger partial charge in [-0.05, 0) is 31.6 Å². The maximum atomic E-state index is 11.5. The summed E-state index contributed by atoms with van der Waals surface area (Å²) in [5, 5.41) is 9.56. The van der Waals surface area contributed by atoms with Gasteiger partial charge in [-0.1, -0.05) is 6.92 Å². The molecule has 0 unspecified atom stereocenters. The summed E-state index contributed by atoms with van der Waals surface area (Å²) in [4.78, 5) is 13.2. The topological polar surface area (TPSA) is 49.8 Å². The average Bonchev–Trinajstić information content (AvgIpc) is 2.67. The van der Waals surface area contributed by atoms with Gasteiger partial charge in [-0.25, -0.2) is 4.79 Å². The van der Waals surface area contributed by atoms with Crippen molar-refractivity contribution in [3.8, 4) is 0 Å². The fourth-order valence-electron chi connectivity index (χ4n) is 2.64. The molecule has 1 saturated carbocycles. The van der Waals surface area contributed by atoms with E-state index in [9.17, 15) is 9.90 Å². The van der Waals surface area contributed by atoms with Gasteiger partial charge < -0.3 is 9.84 Å². The summed E-state index contributed by atoms with van der Waals surface area (Å²) in [5.41, 5.74) is -0.333. The van der Waals surface area contributed by atoms with Crippen LogP contribution in [-0.2, 0) is 4.74 Å². The third-order valence-corrected chi connectivity index (χ3v) is 3.83. The van der Waals surface area contributed by atoms with E-state index in [4.69, 9.17) is 4.74 Å². The van der Waals surface area contributed by atoms with E-state index in [1.54, 1.807) is 4.90 Å². The summed E-state index contributed by atoms with van der Waals surface area (Å²) in [6.45, 7) is 3.39. The molecule has 4 heteroatoms. The van der Waals surface area contributed by atoms with E-state index in [0.717, 1.165) is 25.7 Å². The molecular formula is C11H19NO3. The van der Waals surface area contributed by atoms with Gasteiger partial charge in [0.1, 0.15) is 6.61 Å². The van der Waals surface area contributed by atoms with Crippen LogP contribution in [0, 0.1) is 5.92 Å². The molecule has 0 bridgehead atoms. The highest BCUT2D eigenvalue weighted by Gasteiger charge is 2.44. The molecule has 1 aliphatic heterocycles. The zero-order valence-corrected chi connectivity index (χ0v) is 9.24. The Labute approximate surface area is 90.2 Å². The Hall–Kier alpha value is -0.770. The third kappa shape index (κ3) is 1.83. The molecule has 1 saturated heterocycles. The predicted molar refractivity (Wildman–Crippen MR) is 55.5 cm³/mol. The Morgan fingerprint density at radius 2 is 2.20 bits per heavy atom. The molecule has 2 aliphatic rings. The molecule has 0 aromatic heterocycles. The molecule has 2 rings (SSSR count). The van der Waals surface area contributed by atoms with Gasteiger partial charge in [-0.3, -0.25) is 4.90 Å². The largest absolute Gasteiger partial charge is 0.448 e. The summed E-state index contributed by atoms with van der Waals surface area (Å²) in [5.74, 6) is 0.711. The number of aliphatic hydroxyl groups excluding tert-OH is 1. The highest BCUT2D eigenvalue weighted by Crippen LogP contribution is 2.37. The monoisotopic (exact) mass is 213 g/mol. The summed E-state index contributed by atoms with van der Waals surface area (Å²) < 4.78 is 4.95.